The highest BCUT2D eigenvalue weighted by molar-refractivity contribution is 7.89. The van der Waals surface area contributed by atoms with Crippen LogP contribution in [-0.4, -0.2) is 40.6 Å². The molecule has 0 bridgehead atoms. The molecule has 7 nitrogen and oxygen atoms in total. The van der Waals surface area contributed by atoms with Gasteiger partial charge in [-0.3, -0.25) is 0 Å². The smallest absolute Gasteiger partial charge is 0.374 e. The number of aryl methyl sites for hydroxylation is 1. The van der Waals surface area contributed by atoms with Crippen molar-refractivity contribution in [2.45, 2.75) is 25.7 Å². The molecule has 0 unspecified atom stereocenters. The maximum atomic E-state index is 12.3. The van der Waals surface area contributed by atoms with Crippen LogP contribution in [0.5, 0.6) is 0 Å². The number of benzene rings is 1. The van der Waals surface area contributed by atoms with E-state index in [0.29, 0.717) is 29.6 Å². The Kier molecular flexibility index (Phi) is 5.98. The van der Waals surface area contributed by atoms with E-state index in [1.807, 2.05) is 6.92 Å². The molecule has 0 saturated carbocycles. The standard InChI is InChI=1S/C16H22N2O5S/c1-4-17-8-9-18-24(20,21)12-6-7-14-13(10-12)11(3)15(23-14)16(19)22-5-2/h6-7,10,17-18H,4-5,8-9H2,1-3H3. The second kappa shape index (κ2) is 7.78. The summed E-state index contributed by atoms with van der Waals surface area (Å²) in [7, 11) is -3.62. The van der Waals surface area contributed by atoms with E-state index in [9.17, 15) is 13.2 Å². The summed E-state index contributed by atoms with van der Waals surface area (Å²) in [4.78, 5) is 12.0. The Morgan fingerprint density at radius 3 is 2.67 bits per heavy atom. The Hall–Kier alpha value is -1.90. The van der Waals surface area contributed by atoms with Crippen molar-refractivity contribution in [3.05, 3.63) is 29.5 Å². The van der Waals surface area contributed by atoms with Gasteiger partial charge in [0.05, 0.1) is 11.5 Å². The molecule has 1 aromatic carbocycles. The molecule has 0 spiro atoms. The molecule has 2 aromatic rings. The summed E-state index contributed by atoms with van der Waals surface area (Å²) in [6, 6.07) is 4.51. The average Bonchev–Trinajstić information content (AvgIpc) is 2.88. The number of esters is 1. The van der Waals surface area contributed by atoms with Crippen LogP contribution < -0.4 is 10.0 Å². The summed E-state index contributed by atoms with van der Waals surface area (Å²) < 4.78 is 37.6. The van der Waals surface area contributed by atoms with Gasteiger partial charge in [0.25, 0.3) is 0 Å². The third-order valence-corrected chi connectivity index (χ3v) is 4.98. The van der Waals surface area contributed by atoms with Crippen molar-refractivity contribution in [3.8, 4) is 0 Å². The number of hydrogen-bond acceptors (Lipinski definition) is 6. The third-order valence-electron chi connectivity index (χ3n) is 3.52. The van der Waals surface area contributed by atoms with Gasteiger partial charge in [-0.15, -0.1) is 0 Å². The fourth-order valence-corrected chi connectivity index (χ4v) is 3.35. The first-order valence-electron chi connectivity index (χ1n) is 7.81. The number of rotatable bonds is 8. The molecule has 0 aliphatic rings. The summed E-state index contributed by atoms with van der Waals surface area (Å²) in [5, 5.41) is 3.62. The van der Waals surface area contributed by atoms with E-state index < -0.39 is 16.0 Å². The van der Waals surface area contributed by atoms with Gasteiger partial charge in [-0.2, -0.15) is 0 Å². The summed E-state index contributed by atoms with van der Waals surface area (Å²) in [5.41, 5.74) is 1.01. The van der Waals surface area contributed by atoms with Gasteiger partial charge in [0.15, 0.2) is 0 Å². The van der Waals surface area contributed by atoms with Gasteiger partial charge in [-0.1, -0.05) is 6.92 Å². The van der Waals surface area contributed by atoms with Crippen LogP contribution in [0.3, 0.4) is 0 Å². The van der Waals surface area contributed by atoms with Crippen molar-refractivity contribution in [3.63, 3.8) is 0 Å². The lowest BCUT2D eigenvalue weighted by atomic mass is 10.1. The van der Waals surface area contributed by atoms with Crippen LogP contribution in [0, 0.1) is 6.92 Å². The molecule has 1 heterocycles. The van der Waals surface area contributed by atoms with E-state index in [1.165, 1.54) is 12.1 Å². The van der Waals surface area contributed by atoms with E-state index in [4.69, 9.17) is 9.15 Å². The van der Waals surface area contributed by atoms with Crippen LogP contribution in [0.4, 0.5) is 0 Å². The highest BCUT2D eigenvalue weighted by Gasteiger charge is 2.21. The number of carbonyl (C=O) groups excluding carboxylic acids is 1. The summed E-state index contributed by atoms with van der Waals surface area (Å²) >= 11 is 0. The van der Waals surface area contributed by atoms with Crippen LogP contribution >= 0.6 is 0 Å². The second-order valence-electron chi connectivity index (χ2n) is 5.19. The Balaban J connectivity index is 2.30. The van der Waals surface area contributed by atoms with Gasteiger partial charge in [0, 0.05) is 24.0 Å². The Bertz CT molecular complexity index is 826. The number of hydrogen-bond donors (Lipinski definition) is 2. The zero-order valence-corrected chi connectivity index (χ0v) is 14.8. The van der Waals surface area contributed by atoms with Gasteiger partial charge in [0.2, 0.25) is 15.8 Å². The Labute approximate surface area is 141 Å². The summed E-state index contributed by atoms with van der Waals surface area (Å²) in [5.74, 6) is -0.458. The predicted octanol–water partition coefficient (Wildman–Crippen LogP) is 1.81. The quantitative estimate of drug-likeness (QED) is 0.554. The molecule has 2 rings (SSSR count). The van der Waals surface area contributed by atoms with Crippen molar-refractivity contribution in [1.82, 2.24) is 10.0 Å². The monoisotopic (exact) mass is 354 g/mol. The lowest BCUT2D eigenvalue weighted by Gasteiger charge is -2.07. The van der Waals surface area contributed by atoms with E-state index in [2.05, 4.69) is 10.0 Å². The van der Waals surface area contributed by atoms with E-state index >= 15 is 0 Å². The first kappa shape index (κ1) is 18.4. The maximum absolute atomic E-state index is 12.3. The van der Waals surface area contributed by atoms with Gasteiger partial charge < -0.3 is 14.5 Å². The number of furan rings is 1. The second-order valence-corrected chi connectivity index (χ2v) is 6.95. The van der Waals surface area contributed by atoms with Crippen molar-refractivity contribution < 1.29 is 22.4 Å². The number of nitrogens with one attached hydrogen (secondary N) is 2. The average molecular weight is 354 g/mol. The van der Waals surface area contributed by atoms with Crippen molar-refractivity contribution in [1.29, 1.82) is 0 Å². The van der Waals surface area contributed by atoms with E-state index in [-0.39, 0.29) is 17.3 Å². The number of fused-ring (bicyclic) bond motifs is 1. The normalized spacial score (nSPS) is 11.8. The number of sulfonamides is 1. The Morgan fingerprint density at radius 1 is 1.25 bits per heavy atom. The lowest BCUT2D eigenvalue weighted by molar-refractivity contribution is 0.0491. The molecular weight excluding hydrogens is 332 g/mol. The van der Waals surface area contributed by atoms with Crippen LogP contribution in [0.25, 0.3) is 11.0 Å². The molecule has 0 saturated heterocycles. The minimum atomic E-state index is -3.62. The number of carbonyl (C=O) groups is 1. The fourth-order valence-electron chi connectivity index (χ4n) is 2.29. The SMILES string of the molecule is CCNCCNS(=O)(=O)c1ccc2oc(C(=O)OCC)c(C)c2c1. The highest BCUT2D eigenvalue weighted by atomic mass is 32.2. The maximum Gasteiger partial charge on any atom is 0.374 e. The van der Waals surface area contributed by atoms with Crippen LogP contribution in [-0.2, 0) is 14.8 Å². The first-order valence-corrected chi connectivity index (χ1v) is 9.29. The molecule has 0 amide bonds. The van der Waals surface area contributed by atoms with Gasteiger partial charge in [0.1, 0.15) is 5.58 Å². The summed E-state index contributed by atoms with van der Waals surface area (Å²) in [6.07, 6.45) is 0. The van der Waals surface area contributed by atoms with E-state index in [1.54, 1.807) is 19.9 Å². The Morgan fingerprint density at radius 2 is 2.00 bits per heavy atom. The van der Waals surface area contributed by atoms with Crippen LogP contribution in [0.2, 0.25) is 0 Å². The van der Waals surface area contributed by atoms with Crippen molar-refractivity contribution >= 4 is 27.0 Å². The molecule has 0 fully saturated rings. The van der Waals surface area contributed by atoms with Crippen LogP contribution in [0.15, 0.2) is 27.5 Å². The largest absolute Gasteiger partial charge is 0.460 e. The van der Waals surface area contributed by atoms with E-state index in [0.717, 1.165) is 6.54 Å². The molecule has 0 radical (unpaired) electrons. The molecule has 24 heavy (non-hydrogen) atoms. The molecular formula is C16H22N2O5S. The van der Waals surface area contributed by atoms with Crippen molar-refractivity contribution in [2.24, 2.45) is 0 Å². The number of likely N-dealkylation sites (N-methyl/N-ethyl adjacent to an activating group) is 1. The molecule has 0 aliphatic heterocycles. The molecule has 2 N–H and O–H groups in total. The highest BCUT2D eigenvalue weighted by Crippen LogP contribution is 2.28. The molecule has 0 atom stereocenters. The zero-order valence-electron chi connectivity index (χ0n) is 14.0. The zero-order chi connectivity index (χ0) is 17.7. The lowest BCUT2D eigenvalue weighted by Crippen LogP contribution is -2.31. The topological polar surface area (TPSA) is 97.6 Å². The minimum Gasteiger partial charge on any atom is -0.460 e. The number of ether oxygens (including phenoxy) is 1. The fraction of sp³-hybridized carbons (Fsp3) is 0.438. The minimum absolute atomic E-state index is 0.0986. The van der Waals surface area contributed by atoms with Crippen LogP contribution in [0.1, 0.15) is 30.0 Å². The third kappa shape index (κ3) is 3.95. The first-order chi connectivity index (χ1) is 11.4. The predicted molar refractivity (Wildman–Crippen MR) is 90.6 cm³/mol. The molecule has 132 valence electrons. The van der Waals surface area contributed by atoms with Gasteiger partial charge in [-0.25, -0.2) is 17.9 Å². The molecule has 0 aliphatic carbocycles. The van der Waals surface area contributed by atoms with Crippen molar-refractivity contribution in [2.75, 3.05) is 26.2 Å². The molecule has 8 heteroatoms. The molecule has 1 aromatic heterocycles. The summed E-state index contributed by atoms with van der Waals surface area (Å²) in [6.45, 7) is 7.23. The van der Waals surface area contributed by atoms with Gasteiger partial charge in [-0.05, 0) is 38.6 Å². The van der Waals surface area contributed by atoms with Gasteiger partial charge >= 0.3 is 5.97 Å².